The number of pyridine rings is 1. The molecule has 0 aliphatic heterocycles. The second-order valence-corrected chi connectivity index (χ2v) is 9.01. The molecule has 4 aromatic rings. The average molecular weight is 507 g/mol. The highest BCUT2D eigenvalue weighted by Gasteiger charge is 2.36. The van der Waals surface area contributed by atoms with E-state index in [0.29, 0.717) is 0 Å². The summed E-state index contributed by atoms with van der Waals surface area (Å²) in [4.78, 5) is 20.1. The molecule has 3 aromatic heterocycles. The van der Waals surface area contributed by atoms with Crippen molar-refractivity contribution in [2.45, 2.75) is 33.1 Å². The van der Waals surface area contributed by atoms with Crippen LogP contribution in [0.1, 0.15) is 32.0 Å². The maximum absolute atomic E-state index is 13.6. The van der Waals surface area contributed by atoms with Crippen LogP contribution in [-0.4, -0.2) is 25.5 Å². The van der Waals surface area contributed by atoms with Gasteiger partial charge in [0.05, 0.1) is 28.8 Å². The fourth-order valence-corrected chi connectivity index (χ4v) is 3.37. The third-order valence-electron chi connectivity index (χ3n) is 5.22. The second kappa shape index (κ2) is 8.61. The summed E-state index contributed by atoms with van der Waals surface area (Å²) < 4.78 is 82.0. The molecule has 0 saturated heterocycles. The van der Waals surface area contributed by atoms with E-state index in [9.17, 15) is 31.1 Å². The lowest BCUT2D eigenvalue weighted by molar-refractivity contribution is -0.140. The van der Waals surface area contributed by atoms with E-state index in [2.05, 4.69) is 20.4 Å². The Hall–Kier alpha value is -3.96. The van der Waals surface area contributed by atoms with Crippen LogP contribution in [0.4, 0.5) is 32.0 Å². The Kier molecular flexibility index (Phi) is 6.01. The Labute approximate surface area is 201 Å². The van der Waals surface area contributed by atoms with Gasteiger partial charge in [-0.1, -0.05) is 26.8 Å². The molecule has 188 valence electrons. The van der Waals surface area contributed by atoms with Crippen molar-refractivity contribution in [1.82, 2.24) is 19.6 Å². The summed E-state index contributed by atoms with van der Waals surface area (Å²) in [5.74, 6) is -0.608. The van der Waals surface area contributed by atoms with Crippen LogP contribution in [-0.2, 0) is 17.1 Å². The zero-order valence-electron chi connectivity index (χ0n) is 19.2. The molecule has 0 unspecified atom stereocenters. The summed E-state index contributed by atoms with van der Waals surface area (Å²) in [6.07, 6.45) is -7.00. The van der Waals surface area contributed by atoms with Gasteiger partial charge in [0.25, 0.3) is 0 Å². The number of hydrogen-bond acceptors (Lipinski definition) is 4. The van der Waals surface area contributed by atoms with Gasteiger partial charge < -0.3 is 5.32 Å². The van der Waals surface area contributed by atoms with E-state index in [1.165, 1.54) is 41.0 Å². The molecule has 4 rings (SSSR count). The Balaban J connectivity index is 1.77. The van der Waals surface area contributed by atoms with Crippen molar-refractivity contribution in [3.8, 4) is 22.5 Å². The van der Waals surface area contributed by atoms with Gasteiger partial charge in [-0.05, 0) is 36.4 Å². The first-order valence-corrected chi connectivity index (χ1v) is 10.6. The molecule has 0 aliphatic rings. The van der Waals surface area contributed by atoms with E-state index >= 15 is 0 Å². The third kappa shape index (κ3) is 5.02. The fourth-order valence-electron chi connectivity index (χ4n) is 3.37. The van der Waals surface area contributed by atoms with E-state index in [1.54, 1.807) is 20.8 Å². The lowest BCUT2D eigenvalue weighted by Crippen LogP contribution is -2.28. The van der Waals surface area contributed by atoms with Crippen molar-refractivity contribution in [2.75, 3.05) is 5.32 Å². The number of rotatable bonds is 3. The summed E-state index contributed by atoms with van der Waals surface area (Å²) in [6, 6.07) is 8.56. The van der Waals surface area contributed by atoms with E-state index in [-0.39, 0.29) is 28.2 Å². The number of carbonyl (C=O) groups excluding carboxylic acids is 1. The minimum Gasteiger partial charge on any atom is -0.325 e. The highest BCUT2D eigenvalue weighted by atomic mass is 19.4. The maximum Gasteiger partial charge on any atom is 0.434 e. The number of aromatic nitrogens is 4. The predicted molar refractivity (Wildman–Crippen MR) is 120 cm³/mol. The lowest BCUT2D eigenvalue weighted by atomic mass is 9.95. The van der Waals surface area contributed by atoms with Gasteiger partial charge in [-0.15, -0.1) is 0 Å². The molecular weight excluding hydrogens is 488 g/mol. The highest BCUT2D eigenvalue weighted by Crippen LogP contribution is 2.38. The molecule has 36 heavy (non-hydrogen) atoms. The second-order valence-electron chi connectivity index (χ2n) is 9.01. The van der Waals surface area contributed by atoms with Crippen molar-refractivity contribution >= 4 is 17.2 Å². The first kappa shape index (κ1) is 25.1. The van der Waals surface area contributed by atoms with Gasteiger partial charge >= 0.3 is 12.4 Å². The van der Waals surface area contributed by atoms with Crippen LogP contribution in [0, 0.1) is 5.41 Å². The molecule has 12 heteroatoms. The Morgan fingerprint density at radius 3 is 2.28 bits per heavy atom. The Morgan fingerprint density at radius 1 is 0.917 bits per heavy atom. The minimum atomic E-state index is -4.71. The number of hydrogen-bond donors (Lipinski definition) is 1. The molecule has 0 aliphatic carbocycles. The van der Waals surface area contributed by atoms with Gasteiger partial charge in [-0.2, -0.15) is 31.4 Å². The van der Waals surface area contributed by atoms with Crippen LogP contribution < -0.4 is 5.32 Å². The third-order valence-corrected chi connectivity index (χ3v) is 5.22. The number of fused-ring (bicyclic) bond motifs is 1. The average Bonchev–Trinajstić information content (AvgIpc) is 3.20. The lowest BCUT2D eigenvalue weighted by Gasteiger charge is -2.20. The maximum atomic E-state index is 13.6. The standard InChI is InChI=1S/C24H19F6N5O/c1-22(2,3)21(36)33-17-11-13(6-7-15(17)23(25,26)27)18-12-35-19(32-18)9-8-16(34-35)14-5-4-10-31-20(14)24(28,29)30/h4-12H,1-3H3,(H,33,36). The number of alkyl halides is 6. The topological polar surface area (TPSA) is 72.2 Å². The molecule has 0 fully saturated rings. The monoisotopic (exact) mass is 507 g/mol. The van der Waals surface area contributed by atoms with Crippen LogP contribution in [0.5, 0.6) is 0 Å². The smallest absolute Gasteiger partial charge is 0.325 e. The Bertz CT molecular complexity index is 1450. The molecule has 0 atom stereocenters. The molecule has 0 saturated carbocycles. The SMILES string of the molecule is CC(C)(C)C(=O)Nc1cc(-c2cn3nc(-c4cccnc4C(F)(F)F)ccc3n2)ccc1C(F)(F)F. The highest BCUT2D eigenvalue weighted by molar-refractivity contribution is 5.96. The van der Waals surface area contributed by atoms with Crippen LogP contribution in [0.3, 0.4) is 0 Å². The zero-order valence-corrected chi connectivity index (χ0v) is 19.2. The van der Waals surface area contributed by atoms with Crippen molar-refractivity contribution in [3.63, 3.8) is 0 Å². The molecule has 6 nitrogen and oxygen atoms in total. The number of benzene rings is 1. The number of halogens is 6. The number of imidazole rings is 1. The van der Waals surface area contributed by atoms with Gasteiger partial charge in [0, 0.05) is 22.7 Å². The number of anilines is 1. The summed E-state index contributed by atoms with van der Waals surface area (Å²) in [6.45, 7) is 4.70. The van der Waals surface area contributed by atoms with Gasteiger partial charge in [0.15, 0.2) is 11.3 Å². The number of nitrogens with zero attached hydrogens (tertiary/aromatic N) is 4. The largest absolute Gasteiger partial charge is 0.434 e. The van der Waals surface area contributed by atoms with Crippen LogP contribution >= 0.6 is 0 Å². The predicted octanol–water partition coefficient (Wildman–Crippen LogP) is 6.48. The molecule has 0 radical (unpaired) electrons. The molecule has 1 N–H and O–H groups in total. The van der Waals surface area contributed by atoms with Crippen molar-refractivity contribution in [1.29, 1.82) is 0 Å². The number of nitrogens with one attached hydrogen (secondary N) is 1. The molecule has 1 amide bonds. The first-order valence-electron chi connectivity index (χ1n) is 10.6. The van der Waals surface area contributed by atoms with Crippen molar-refractivity contribution < 1.29 is 31.1 Å². The number of carbonyl (C=O) groups is 1. The van der Waals surface area contributed by atoms with E-state index in [1.807, 2.05) is 0 Å². The van der Waals surface area contributed by atoms with E-state index in [4.69, 9.17) is 0 Å². The van der Waals surface area contributed by atoms with Crippen LogP contribution in [0.25, 0.3) is 28.2 Å². The zero-order chi connectivity index (χ0) is 26.5. The summed E-state index contributed by atoms with van der Waals surface area (Å²) >= 11 is 0. The van der Waals surface area contributed by atoms with E-state index < -0.39 is 40.6 Å². The normalized spacial score (nSPS) is 12.7. The van der Waals surface area contributed by atoms with Gasteiger partial charge in [0.1, 0.15) is 0 Å². The molecule has 0 bridgehead atoms. The van der Waals surface area contributed by atoms with Gasteiger partial charge in [-0.3, -0.25) is 9.78 Å². The van der Waals surface area contributed by atoms with Crippen LogP contribution in [0.2, 0.25) is 0 Å². The van der Waals surface area contributed by atoms with Gasteiger partial charge in [0.2, 0.25) is 5.91 Å². The Morgan fingerprint density at radius 2 is 1.64 bits per heavy atom. The fraction of sp³-hybridized carbons (Fsp3) is 0.250. The first-order chi connectivity index (χ1) is 16.6. The molecule has 1 aromatic carbocycles. The van der Waals surface area contributed by atoms with Crippen molar-refractivity contribution in [3.05, 3.63) is 66.1 Å². The van der Waals surface area contributed by atoms with Crippen molar-refractivity contribution in [2.24, 2.45) is 5.41 Å². The molecule has 0 spiro atoms. The quantitative estimate of drug-likeness (QED) is 0.322. The minimum absolute atomic E-state index is 0.0163. The summed E-state index contributed by atoms with van der Waals surface area (Å²) in [7, 11) is 0. The van der Waals surface area contributed by atoms with E-state index in [0.717, 1.165) is 18.3 Å². The summed E-state index contributed by atoms with van der Waals surface area (Å²) in [5.41, 5.74) is -3.03. The molecular formula is C24H19F6N5O. The summed E-state index contributed by atoms with van der Waals surface area (Å²) in [5, 5.41) is 6.52. The van der Waals surface area contributed by atoms with Crippen LogP contribution in [0.15, 0.2) is 54.9 Å². The van der Waals surface area contributed by atoms with Gasteiger partial charge in [-0.25, -0.2) is 9.50 Å². The number of amides is 1. The molecule has 3 heterocycles.